The first-order chi connectivity index (χ1) is 14.5. The molecule has 3 aromatic carbocycles. The molecular formula is C23H21Cl2NO4. The highest BCUT2D eigenvalue weighted by molar-refractivity contribution is 6.35. The van der Waals surface area contributed by atoms with E-state index in [1.54, 1.807) is 24.3 Å². The van der Waals surface area contributed by atoms with Gasteiger partial charge in [-0.1, -0.05) is 60.8 Å². The molecule has 0 radical (unpaired) electrons. The Bertz CT molecular complexity index is 1070. The molecule has 1 N–H and O–H groups in total. The number of carbonyl (C=O) groups is 2. The fraction of sp³-hybridized carbons (Fsp3) is 0.217. The molecule has 0 fully saturated rings. The van der Waals surface area contributed by atoms with Gasteiger partial charge in [-0.2, -0.15) is 0 Å². The number of amides is 1. The lowest BCUT2D eigenvalue weighted by Gasteiger charge is -2.13. The van der Waals surface area contributed by atoms with Crippen molar-refractivity contribution in [3.63, 3.8) is 0 Å². The van der Waals surface area contributed by atoms with Gasteiger partial charge in [0.05, 0.1) is 22.9 Å². The maximum Gasteiger partial charge on any atom is 0.340 e. The molecule has 156 valence electrons. The fourth-order valence-corrected chi connectivity index (χ4v) is 3.28. The van der Waals surface area contributed by atoms with E-state index in [2.05, 4.69) is 5.32 Å². The second kappa shape index (κ2) is 10.3. The van der Waals surface area contributed by atoms with Crippen molar-refractivity contribution in [1.29, 1.82) is 0 Å². The molecule has 1 amide bonds. The van der Waals surface area contributed by atoms with E-state index in [1.807, 2.05) is 31.2 Å². The Morgan fingerprint density at radius 1 is 1.00 bits per heavy atom. The summed E-state index contributed by atoms with van der Waals surface area (Å²) in [5.41, 5.74) is 0.661. The summed E-state index contributed by atoms with van der Waals surface area (Å²) in [6, 6.07) is 15.8. The quantitative estimate of drug-likeness (QED) is 0.334. The summed E-state index contributed by atoms with van der Waals surface area (Å²) in [5, 5.41) is 5.28. The Hall–Kier alpha value is -2.76. The number of fused-ring (bicyclic) bond motifs is 1. The highest BCUT2D eigenvalue weighted by Crippen LogP contribution is 2.28. The second-order valence-corrected chi connectivity index (χ2v) is 7.49. The van der Waals surface area contributed by atoms with Crippen molar-refractivity contribution in [1.82, 2.24) is 0 Å². The van der Waals surface area contributed by atoms with Crippen LogP contribution >= 0.6 is 23.2 Å². The van der Waals surface area contributed by atoms with Crippen molar-refractivity contribution in [2.75, 3.05) is 18.5 Å². The van der Waals surface area contributed by atoms with Gasteiger partial charge in [0.2, 0.25) is 0 Å². The number of hydrogen-bond acceptors (Lipinski definition) is 4. The van der Waals surface area contributed by atoms with Gasteiger partial charge in [-0.15, -0.1) is 0 Å². The van der Waals surface area contributed by atoms with Gasteiger partial charge in [-0.25, -0.2) is 4.79 Å². The van der Waals surface area contributed by atoms with Crippen LogP contribution in [0.25, 0.3) is 10.8 Å². The molecule has 0 aliphatic carbocycles. The van der Waals surface area contributed by atoms with E-state index in [9.17, 15) is 9.59 Å². The smallest absolute Gasteiger partial charge is 0.340 e. The molecule has 0 unspecified atom stereocenters. The molecule has 3 rings (SSSR count). The summed E-state index contributed by atoms with van der Waals surface area (Å²) in [6.45, 7) is 2.06. The molecule has 0 spiro atoms. The molecule has 5 nitrogen and oxygen atoms in total. The number of rotatable bonds is 8. The highest BCUT2D eigenvalue weighted by Gasteiger charge is 2.17. The van der Waals surface area contributed by atoms with Crippen LogP contribution in [0, 0.1) is 0 Å². The average molecular weight is 446 g/mol. The van der Waals surface area contributed by atoms with Crippen molar-refractivity contribution >= 4 is 51.5 Å². The zero-order chi connectivity index (χ0) is 21.5. The molecule has 7 heteroatoms. The summed E-state index contributed by atoms with van der Waals surface area (Å²) < 4.78 is 10.8. The Labute approximate surface area is 184 Å². The van der Waals surface area contributed by atoms with Gasteiger partial charge in [0.25, 0.3) is 5.91 Å². The SMILES string of the molecule is CCCCOC(=O)c1cc2ccccc2cc1NC(=O)COc1ccc(Cl)cc1Cl. The van der Waals surface area contributed by atoms with Crippen molar-refractivity contribution in [2.45, 2.75) is 19.8 Å². The van der Waals surface area contributed by atoms with Gasteiger partial charge >= 0.3 is 5.97 Å². The normalized spacial score (nSPS) is 10.6. The first-order valence-electron chi connectivity index (χ1n) is 9.55. The molecule has 0 saturated heterocycles. The number of carbonyl (C=O) groups excluding carboxylic acids is 2. The number of esters is 1. The summed E-state index contributed by atoms with van der Waals surface area (Å²) in [5.74, 6) is -0.570. The van der Waals surface area contributed by atoms with Crippen LogP contribution in [0.4, 0.5) is 5.69 Å². The molecule has 30 heavy (non-hydrogen) atoms. The number of ether oxygens (including phenoxy) is 2. The number of benzene rings is 3. The van der Waals surface area contributed by atoms with Gasteiger partial charge in [0.15, 0.2) is 6.61 Å². The van der Waals surface area contributed by atoms with Crippen LogP contribution in [0.1, 0.15) is 30.1 Å². The van der Waals surface area contributed by atoms with Gasteiger partial charge in [0, 0.05) is 5.02 Å². The van der Waals surface area contributed by atoms with Crippen molar-refractivity contribution in [2.24, 2.45) is 0 Å². The largest absolute Gasteiger partial charge is 0.482 e. The maximum absolute atomic E-state index is 12.6. The number of halogens is 2. The minimum absolute atomic E-state index is 0.279. The summed E-state index contributed by atoms with van der Waals surface area (Å²) >= 11 is 11.9. The Morgan fingerprint density at radius 3 is 2.43 bits per heavy atom. The van der Waals surface area contributed by atoms with Crippen LogP contribution in [-0.4, -0.2) is 25.1 Å². The highest BCUT2D eigenvalue weighted by atomic mass is 35.5. The topological polar surface area (TPSA) is 64.6 Å². The first kappa shape index (κ1) is 21.9. The van der Waals surface area contributed by atoms with E-state index in [0.717, 1.165) is 23.6 Å². The second-order valence-electron chi connectivity index (χ2n) is 6.65. The molecule has 3 aromatic rings. The Kier molecular flexibility index (Phi) is 7.55. The molecule has 0 aromatic heterocycles. The van der Waals surface area contributed by atoms with Crippen molar-refractivity contribution in [3.05, 3.63) is 70.2 Å². The van der Waals surface area contributed by atoms with Gasteiger partial charge in [-0.05, 0) is 47.5 Å². The molecule has 0 saturated carbocycles. The summed E-state index contributed by atoms with van der Waals surface area (Å²) in [6.07, 6.45) is 1.69. The zero-order valence-corrected chi connectivity index (χ0v) is 17.9. The number of anilines is 1. The van der Waals surface area contributed by atoms with E-state index < -0.39 is 11.9 Å². The van der Waals surface area contributed by atoms with Crippen LogP contribution < -0.4 is 10.1 Å². The van der Waals surface area contributed by atoms with Crippen LogP contribution in [0.3, 0.4) is 0 Å². The van der Waals surface area contributed by atoms with Crippen LogP contribution in [0.5, 0.6) is 5.75 Å². The van der Waals surface area contributed by atoms with E-state index in [-0.39, 0.29) is 6.61 Å². The van der Waals surface area contributed by atoms with Crippen LogP contribution in [0.2, 0.25) is 10.0 Å². The zero-order valence-electron chi connectivity index (χ0n) is 16.4. The lowest BCUT2D eigenvalue weighted by Crippen LogP contribution is -2.22. The summed E-state index contributed by atoms with van der Waals surface area (Å²) in [4.78, 5) is 25.1. The van der Waals surface area contributed by atoms with E-state index in [1.165, 1.54) is 6.07 Å². The molecule has 0 aliphatic heterocycles. The van der Waals surface area contributed by atoms with Crippen molar-refractivity contribution in [3.8, 4) is 5.75 Å². The van der Waals surface area contributed by atoms with E-state index in [4.69, 9.17) is 32.7 Å². The minimum atomic E-state index is -0.480. The monoisotopic (exact) mass is 445 g/mol. The fourth-order valence-electron chi connectivity index (χ4n) is 2.82. The molecular weight excluding hydrogens is 425 g/mol. The maximum atomic E-state index is 12.6. The van der Waals surface area contributed by atoms with Gasteiger partial charge < -0.3 is 14.8 Å². The van der Waals surface area contributed by atoms with Crippen LogP contribution in [0.15, 0.2) is 54.6 Å². The van der Waals surface area contributed by atoms with Crippen molar-refractivity contribution < 1.29 is 19.1 Å². The third-order valence-electron chi connectivity index (χ3n) is 4.36. The van der Waals surface area contributed by atoms with Crippen LogP contribution in [-0.2, 0) is 9.53 Å². The van der Waals surface area contributed by atoms with Gasteiger partial charge in [0.1, 0.15) is 5.75 Å². The molecule has 0 atom stereocenters. The lowest BCUT2D eigenvalue weighted by molar-refractivity contribution is -0.118. The average Bonchev–Trinajstić information content (AvgIpc) is 2.72. The third kappa shape index (κ3) is 5.65. The molecule has 0 heterocycles. The third-order valence-corrected chi connectivity index (χ3v) is 4.89. The predicted molar refractivity (Wildman–Crippen MR) is 120 cm³/mol. The Balaban J connectivity index is 1.77. The van der Waals surface area contributed by atoms with E-state index in [0.29, 0.717) is 33.7 Å². The number of hydrogen-bond donors (Lipinski definition) is 1. The Morgan fingerprint density at radius 2 is 1.73 bits per heavy atom. The predicted octanol–water partition coefficient (Wildman–Crippen LogP) is 6.12. The summed E-state index contributed by atoms with van der Waals surface area (Å²) in [7, 11) is 0. The number of nitrogens with one attached hydrogen (secondary N) is 1. The van der Waals surface area contributed by atoms with Gasteiger partial charge in [-0.3, -0.25) is 4.79 Å². The molecule has 0 aliphatic rings. The first-order valence-corrected chi connectivity index (χ1v) is 10.3. The number of unbranched alkanes of at least 4 members (excludes halogenated alkanes) is 1. The minimum Gasteiger partial charge on any atom is -0.482 e. The van der Waals surface area contributed by atoms with E-state index >= 15 is 0 Å². The lowest BCUT2D eigenvalue weighted by atomic mass is 10.0. The molecule has 0 bridgehead atoms. The standard InChI is InChI=1S/C23H21Cl2NO4/c1-2-3-10-29-23(28)18-11-15-6-4-5-7-16(15)12-20(18)26-22(27)14-30-21-9-8-17(24)13-19(21)25/h4-9,11-13H,2-3,10,14H2,1H3,(H,26,27).